The topological polar surface area (TPSA) is 85.2 Å². The molecule has 1 aliphatic rings. The SMILES string of the molecule is C=C(OO)Oc1cc2c(c(O)c1C/C=C(/C)CCC=C(C)C)C(=O)CO2. The normalized spacial score (nSPS) is 13.1. The first-order chi connectivity index (χ1) is 12.3. The van der Waals surface area contributed by atoms with E-state index in [1.54, 1.807) is 0 Å². The van der Waals surface area contributed by atoms with Crippen LogP contribution >= 0.6 is 0 Å². The van der Waals surface area contributed by atoms with E-state index in [9.17, 15) is 9.90 Å². The first kappa shape index (κ1) is 19.6. The minimum atomic E-state index is -0.348. The van der Waals surface area contributed by atoms with Crippen LogP contribution in [0.1, 0.15) is 49.5 Å². The van der Waals surface area contributed by atoms with E-state index in [-0.39, 0.29) is 41.1 Å². The first-order valence-electron chi connectivity index (χ1n) is 8.35. The predicted octanol–water partition coefficient (Wildman–Crippen LogP) is 4.54. The summed E-state index contributed by atoms with van der Waals surface area (Å²) in [5.74, 6) is -0.366. The fraction of sp³-hybridized carbons (Fsp3) is 0.350. The summed E-state index contributed by atoms with van der Waals surface area (Å²) < 4.78 is 10.6. The van der Waals surface area contributed by atoms with Crippen molar-refractivity contribution < 1.29 is 29.5 Å². The molecule has 0 bridgehead atoms. The molecule has 6 heteroatoms. The van der Waals surface area contributed by atoms with Crippen molar-refractivity contribution in [2.45, 2.75) is 40.0 Å². The van der Waals surface area contributed by atoms with Gasteiger partial charge < -0.3 is 19.5 Å². The number of Topliss-reactive ketones (excluding diaryl/α,β-unsaturated/α-hetero) is 1. The summed E-state index contributed by atoms with van der Waals surface area (Å²) in [7, 11) is 0. The molecule has 0 aliphatic carbocycles. The highest BCUT2D eigenvalue weighted by atomic mass is 17.1. The molecular weight excluding hydrogens is 336 g/mol. The summed E-state index contributed by atoms with van der Waals surface area (Å²) in [6.45, 7) is 9.39. The summed E-state index contributed by atoms with van der Waals surface area (Å²) in [5.41, 5.74) is 2.97. The minimum absolute atomic E-state index is 0.124. The summed E-state index contributed by atoms with van der Waals surface area (Å²) in [5, 5.41) is 19.2. The Morgan fingerprint density at radius 3 is 2.73 bits per heavy atom. The molecule has 1 aliphatic heterocycles. The number of phenolic OH excluding ortho intramolecular Hbond substituents is 1. The van der Waals surface area contributed by atoms with Crippen LogP contribution < -0.4 is 9.47 Å². The van der Waals surface area contributed by atoms with Gasteiger partial charge in [-0.2, -0.15) is 5.26 Å². The highest BCUT2D eigenvalue weighted by molar-refractivity contribution is 6.05. The lowest BCUT2D eigenvalue weighted by atomic mass is 10.00. The number of ether oxygens (including phenoxy) is 2. The molecule has 0 saturated carbocycles. The lowest BCUT2D eigenvalue weighted by Crippen LogP contribution is -2.02. The van der Waals surface area contributed by atoms with Crippen molar-refractivity contribution in [3.05, 3.63) is 53.0 Å². The molecule has 0 spiro atoms. The quantitative estimate of drug-likeness (QED) is 0.306. The highest BCUT2D eigenvalue weighted by Gasteiger charge is 2.29. The Morgan fingerprint density at radius 2 is 2.08 bits per heavy atom. The molecule has 1 aromatic carbocycles. The largest absolute Gasteiger partial charge is 0.507 e. The van der Waals surface area contributed by atoms with Gasteiger partial charge in [-0.3, -0.25) is 4.79 Å². The van der Waals surface area contributed by atoms with Crippen molar-refractivity contribution >= 4 is 5.78 Å². The van der Waals surface area contributed by atoms with Crippen LogP contribution in [0.2, 0.25) is 0 Å². The third kappa shape index (κ3) is 4.67. The molecule has 140 valence electrons. The maximum Gasteiger partial charge on any atom is 0.314 e. The minimum Gasteiger partial charge on any atom is -0.507 e. The predicted molar refractivity (Wildman–Crippen MR) is 97.5 cm³/mol. The summed E-state index contributed by atoms with van der Waals surface area (Å²) >= 11 is 0. The average Bonchev–Trinajstić information content (AvgIpc) is 2.95. The number of rotatable bonds is 8. The second-order valence-electron chi connectivity index (χ2n) is 6.43. The van der Waals surface area contributed by atoms with Gasteiger partial charge in [-0.25, -0.2) is 0 Å². The van der Waals surface area contributed by atoms with Crippen molar-refractivity contribution in [1.29, 1.82) is 0 Å². The Balaban J connectivity index is 2.30. The van der Waals surface area contributed by atoms with Gasteiger partial charge in [0, 0.05) is 11.6 Å². The van der Waals surface area contributed by atoms with Crippen molar-refractivity contribution in [1.82, 2.24) is 0 Å². The van der Waals surface area contributed by atoms with Crippen LogP contribution in [0.4, 0.5) is 0 Å². The van der Waals surface area contributed by atoms with Gasteiger partial charge in [-0.15, -0.1) is 0 Å². The maximum atomic E-state index is 11.9. The highest BCUT2D eigenvalue weighted by Crippen LogP contribution is 2.42. The van der Waals surface area contributed by atoms with Gasteiger partial charge in [0.05, 0.1) is 0 Å². The van der Waals surface area contributed by atoms with E-state index in [2.05, 4.69) is 31.4 Å². The number of fused-ring (bicyclic) bond motifs is 1. The molecule has 0 fully saturated rings. The number of phenols is 1. The lowest BCUT2D eigenvalue weighted by molar-refractivity contribution is -0.230. The van der Waals surface area contributed by atoms with Crippen LogP contribution in [-0.4, -0.2) is 22.8 Å². The molecular formula is C20H24O6. The molecule has 0 unspecified atom stereocenters. The fourth-order valence-electron chi connectivity index (χ4n) is 2.66. The van der Waals surface area contributed by atoms with E-state index in [0.29, 0.717) is 12.0 Å². The van der Waals surface area contributed by atoms with Gasteiger partial charge in [-0.1, -0.05) is 23.3 Å². The molecule has 0 amide bonds. The molecule has 0 saturated heterocycles. The van der Waals surface area contributed by atoms with Gasteiger partial charge in [0.25, 0.3) is 0 Å². The number of allylic oxidation sites excluding steroid dienone is 4. The standard InChI is InChI=1S/C20H24O6/c1-12(2)6-5-7-13(3)8-9-15-17(25-14(4)26-23)10-18-19(20(15)22)16(21)11-24-18/h6,8,10,22-23H,4-5,7,9,11H2,1-3H3/b13-8-. The lowest BCUT2D eigenvalue weighted by Gasteiger charge is -2.14. The van der Waals surface area contributed by atoms with Crippen LogP contribution in [0.15, 0.2) is 41.9 Å². The number of hydrogen-bond acceptors (Lipinski definition) is 6. The van der Waals surface area contributed by atoms with Crippen LogP contribution in [0, 0.1) is 0 Å². The molecule has 0 radical (unpaired) electrons. The Morgan fingerprint density at radius 1 is 1.35 bits per heavy atom. The molecule has 1 heterocycles. The molecule has 2 N–H and O–H groups in total. The summed E-state index contributed by atoms with van der Waals surface area (Å²) in [4.78, 5) is 15.9. The zero-order valence-electron chi connectivity index (χ0n) is 15.3. The van der Waals surface area contributed by atoms with Crippen LogP contribution in [0.3, 0.4) is 0 Å². The van der Waals surface area contributed by atoms with Crippen molar-refractivity contribution in [3.63, 3.8) is 0 Å². The van der Waals surface area contributed by atoms with Crippen molar-refractivity contribution in [2.24, 2.45) is 0 Å². The van der Waals surface area contributed by atoms with E-state index >= 15 is 0 Å². The van der Waals surface area contributed by atoms with Crippen molar-refractivity contribution in [3.8, 4) is 17.2 Å². The maximum absolute atomic E-state index is 11.9. The molecule has 0 atom stereocenters. The third-order valence-electron chi connectivity index (χ3n) is 4.04. The number of aromatic hydroxyl groups is 1. The Kier molecular flexibility index (Phi) is 6.46. The van der Waals surface area contributed by atoms with E-state index in [1.807, 2.05) is 13.0 Å². The molecule has 1 aromatic rings. The number of hydrogen-bond donors (Lipinski definition) is 2. The number of carbonyl (C=O) groups excluding carboxylic acids is 1. The Bertz CT molecular complexity index is 769. The second-order valence-corrected chi connectivity index (χ2v) is 6.43. The van der Waals surface area contributed by atoms with E-state index in [1.165, 1.54) is 11.6 Å². The van der Waals surface area contributed by atoms with Gasteiger partial charge in [0.1, 0.15) is 22.8 Å². The Labute approximate surface area is 152 Å². The second kappa shape index (κ2) is 8.58. The van der Waals surface area contributed by atoms with Gasteiger partial charge in [0.2, 0.25) is 5.78 Å². The monoisotopic (exact) mass is 360 g/mol. The smallest absolute Gasteiger partial charge is 0.314 e. The van der Waals surface area contributed by atoms with E-state index in [4.69, 9.17) is 14.7 Å². The summed E-state index contributed by atoms with van der Waals surface area (Å²) in [6.07, 6.45) is 6.31. The number of benzene rings is 1. The molecule has 26 heavy (non-hydrogen) atoms. The van der Waals surface area contributed by atoms with Crippen LogP contribution in [0.25, 0.3) is 0 Å². The molecule has 2 rings (SSSR count). The molecule has 0 aromatic heterocycles. The summed E-state index contributed by atoms with van der Waals surface area (Å²) in [6, 6.07) is 1.49. The van der Waals surface area contributed by atoms with E-state index < -0.39 is 0 Å². The molecule has 6 nitrogen and oxygen atoms in total. The zero-order valence-corrected chi connectivity index (χ0v) is 15.3. The Hall–Kier alpha value is -2.73. The zero-order chi connectivity index (χ0) is 19.3. The fourth-order valence-corrected chi connectivity index (χ4v) is 2.66. The van der Waals surface area contributed by atoms with Gasteiger partial charge in [0.15, 0.2) is 6.61 Å². The number of ketones is 1. The van der Waals surface area contributed by atoms with Crippen molar-refractivity contribution in [2.75, 3.05) is 6.61 Å². The van der Waals surface area contributed by atoms with Gasteiger partial charge in [-0.05, 0) is 46.6 Å². The van der Waals surface area contributed by atoms with Crippen LogP contribution in [-0.2, 0) is 11.3 Å². The average molecular weight is 360 g/mol. The number of carbonyl (C=O) groups is 1. The van der Waals surface area contributed by atoms with Gasteiger partial charge >= 0.3 is 5.95 Å². The van der Waals surface area contributed by atoms with E-state index in [0.717, 1.165) is 18.4 Å². The first-order valence-corrected chi connectivity index (χ1v) is 8.35. The van der Waals surface area contributed by atoms with Crippen LogP contribution in [0.5, 0.6) is 17.2 Å². The third-order valence-corrected chi connectivity index (χ3v) is 4.04.